The van der Waals surface area contributed by atoms with Gasteiger partial charge in [0.1, 0.15) is 0 Å². The maximum Gasteiger partial charge on any atom is 0.0946 e. The van der Waals surface area contributed by atoms with E-state index in [4.69, 9.17) is 0 Å². The summed E-state index contributed by atoms with van der Waals surface area (Å²) in [4.78, 5) is 0. The van der Waals surface area contributed by atoms with Crippen molar-refractivity contribution in [3.05, 3.63) is 35.4 Å². The van der Waals surface area contributed by atoms with Gasteiger partial charge in [0.05, 0.1) is 11.0 Å². The highest BCUT2D eigenvalue weighted by Gasteiger charge is 2.15. The number of fused-ring (bicyclic) bond motifs is 1. The van der Waals surface area contributed by atoms with E-state index in [1.54, 1.807) is 0 Å². The summed E-state index contributed by atoms with van der Waals surface area (Å²) in [5.41, 5.74) is 2.66. The van der Waals surface area contributed by atoms with Gasteiger partial charge in [-0.15, -0.1) is 0 Å². The lowest BCUT2D eigenvalue weighted by Gasteiger charge is -2.11. The van der Waals surface area contributed by atoms with Crippen molar-refractivity contribution in [3.63, 3.8) is 0 Å². The number of aryl methyl sites for hydroxylation is 1. The van der Waals surface area contributed by atoms with Crippen molar-refractivity contribution in [1.29, 1.82) is 0 Å². The lowest BCUT2D eigenvalue weighted by atomic mass is 10.1. The van der Waals surface area contributed by atoms with Gasteiger partial charge in [0.2, 0.25) is 0 Å². The van der Waals surface area contributed by atoms with Crippen LogP contribution in [0.2, 0.25) is 0 Å². The molecule has 0 amide bonds. The Morgan fingerprint density at radius 1 is 1.29 bits per heavy atom. The largest absolute Gasteiger partial charge is 0.243 e. The average Bonchev–Trinajstić information content (AvgIpc) is 2.28. The Morgan fingerprint density at radius 2 is 1.93 bits per heavy atom. The summed E-state index contributed by atoms with van der Waals surface area (Å²) < 4.78 is 13.4. The zero-order valence-corrected chi connectivity index (χ0v) is 8.51. The summed E-state index contributed by atoms with van der Waals surface area (Å²) in [6.45, 7) is 0.808. The first-order valence-electron chi connectivity index (χ1n) is 4.44. The highest BCUT2D eigenvalue weighted by Crippen LogP contribution is 2.16. The van der Waals surface area contributed by atoms with Crippen molar-refractivity contribution in [2.24, 2.45) is 0 Å². The minimum Gasteiger partial charge on any atom is -0.243 e. The van der Waals surface area contributed by atoms with E-state index in [-0.39, 0.29) is 7.43 Å². The fourth-order valence-corrected chi connectivity index (χ4v) is 2.61. The molecule has 2 nitrogen and oxygen atoms in total. The Labute approximate surface area is 88.5 Å². The molecular weight excluding hydrogens is 194 g/mol. The van der Waals surface area contributed by atoms with Gasteiger partial charge in [-0.05, 0) is 17.5 Å². The molecule has 0 spiro atoms. The molecule has 0 fully saturated rings. The summed E-state index contributed by atoms with van der Waals surface area (Å²) in [7, 11) is 1.12. The van der Waals surface area contributed by atoms with Gasteiger partial charge in [-0.3, -0.25) is 0 Å². The normalized spacial score (nSPS) is 21.9. The van der Waals surface area contributed by atoms with Crippen LogP contribution in [-0.4, -0.2) is 21.3 Å². The molecular formula is C11H17NOS. The molecule has 3 heteroatoms. The molecule has 1 aromatic rings. The first-order valence-corrected chi connectivity index (χ1v) is 5.71. The van der Waals surface area contributed by atoms with Crippen LogP contribution in [0.4, 0.5) is 0 Å². The quantitative estimate of drug-likeness (QED) is 0.642. The number of hydrogen-bond acceptors (Lipinski definition) is 1. The second-order valence-electron chi connectivity index (χ2n) is 3.33. The first-order chi connectivity index (χ1) is 6.27. The zero-order valence-electron chi connectivity index (χ0n) is 7.69. The standard InChI is InChI=1S/C10H13NOS.CH4/c1-11-8-10-5-3-2-4-9(10)6-7-13(11)12;/h2-5H,6-8H2,1H3;1H4. The van der Waals surface area contributed by atoms with Crippen LogP contribution in [0.5, 0.6) is 0 Å². The minimum atomic E-state index is -0.795. The van der Waals surface area contributed by atoms with E-state index in [0.717, 1.165) is 18.7 Å². The van der Waals surface area contributed by atoms with Crippen LogP contribution < -0.4 is 0 Å². The smallest absolute Gasteiger partial charge is 0.0946 e. The topological polar surface area (TPSA) is 20.3 Å². The molecule has 1 aliphatic heterocycles. The van der Waals surface area contributed by atoms with Crippen molar-refractivity contribution in [2.75, 3.05) is 12.8 Å². The molecule has 0 aromatic heterocycles. The van der Waals surface area contributed by atoms with Gasteiger partial charge >= 0.3 is 0 Å². The van der Waals surface area contributed by atoms with Crippen molar-refractivity contribution < 1.29 is 4.21 Å². The Balaban J connectivity index is 0.000000980. The lowest BCUT2D eigenvalue weighted by Crippen LogP contribution is -2.20. The van der Waals surface area contributed by atoms with Crippen LogP contribution in [0, 0.1) is 0 Å². The van der Waals surface area contributed by atoms with Gasteiger partial charge in [-0.25, -0.2) is 8.51 Å². The highest BCUT2D eigenvalue weighted by atomic mass is 32.2. The van der Waals surface area contributed by atoms with Crippen LogP contribution in [-0.2, 0) is 24.0 Å². The van der Waals surface area contributed by atoms with Crippen LogP contribution in [0.25, 0.3) is 0 Å². The van der Waals surface area contributed by atoms with Crippen LogP contribution >= 0.6 is 0 Å². The molecule has 0 saturated heterocycles. The third kappa shape index (κ3) is 2.22. The Kier molecular flexibility index (Phi) is 3.84. The average molecular weight is 211 g/mol. The van der Waals surface area contributed by atoms with Gasteiger partial charge in [0, 0.05) is 19.3 Å². The molecule has 1 atom stereocenters. The summed E-state index contributed by atoms with van der Waals surface area (Å²) in [6.07, 6.45) is 0.938. The highest BCUT2D eigenvalue weighted by molar-refractivity contribution is 7.82. The molecule has 0 N–H and O–H groups in total. The summed E-state index contributed by atoms with van der Waals surface area (Å²) in [5.74, 6) is 0.757. The monoisotopic (exact) mass is 211 g/mol. The third-order valence-electron chi connectivity index (χ3n) is 2.41. The fraction of sp³-hybridized carbons (Fsp3) is 0.455. The van der Waals surface area contributed by atoms with E-state index in [1.165, 1.54) is 11.1 Å². The molecule has 1 aliphatic rings. The van der Waals surface area contributed by atoms with Gasteiger partial charge in [-0.1, -0.05) is 31.7 Å². The third-order valence-corrected chi connectivity index (χ3v) is 3.78. The summed E-state index contributed by atoms with van der Waals surface area (Å²) in [5, 5.41) is 0. The molecule has 1 aromatic carbocycles. The number of nitrogens with zero attached hydrogens (tertiary/aromatic N) is 1. The van der Waals surface area contributed by atoms with Crippen molar-refractivity contribution in [1.82, 2.24) is 4.31 Å². The fourth-order valence-electron chi connectivity index (χ4n) is 1.62. The first kappa shape index (κ1) is 11.4. The number of rotatable bonds is 0. The Morgan fingerprint density at radius 3 is 2.64 bits per heavy atom. The molecule has 1 heterocycles. The van der Waals surface area contributed by atoms with Crippen LogP contribution in [0.15, 0.2) is 24.3 Å². The predicted octanol–water partition coefficient (Wildman–Crippen LogP) is 1.97. The van der Waals surface area contributed by atoms with E-state index in [9.17, 15) is 4.21 Å². The lowest BCUT2D eigenvalue weighted by molar-refractivity contribution is 0.524. The molecule has 1 unspecified atom stereocenters. The van der Waals surface area contributed by atoms with E-state index < -0.39 is 11.0 Å². The SMILES string of the molecule is C.CN1Cc2ccccc2CCS1=O. The zero-order chi connectivity index (χ0) is 9.26. The minimum absolute atomic E-state index is 0. The molecule has 0 saturated carbocycles. The molecule has 0 aliphatic carbocycles. The maximum absolute atomic E-state index is 11.5. The Hall–Kier alpha value is -0.670. The van der Waals surface area contributed by atoms with E-state index in [2.05, 4.69) is 12.1 Å². The predicted molar refractivity (Wildman–Crippen MR) is 61.4 cm³/mol. The summed E-state index contributed by atoms with van der Waals surface area (Å²) in [6, 6.07) is 8.34. The molecule has 78 valence electrons. The second-order valence-corrected chi connectivity index (χ2v) is 5.00. The van der Waals surface area contributed by atoms with Crippen molar-refractivity contribution in [3.8, 4) is 0 Å². The number of hydrogen-bond donors (Lipinski definition) is 0. The molecule has 0 bridgehead atoms. The van der Waals surface area contributed by atoms with E-state index >= 15 is 0 Å². The van der Waals surface area contributed by atoms with Crippen LogP contribution in [0.1, 0.15) is 18.6 Å². The molecule has 2 rings (SSSR count). The summed E-state index contributed by atoms with van der Waals surface area (Å²) >= 11 is 0. The van der Waals surface area contributed by atoms with Gasteiger partial charge in [0.25, 0.3) is 0 Å². The Bertz CT molecular complexity index is 338. The second kappa shape index (κ2) is 4.71. The van der Waals surface area contributed by atoms with Gasteiger partial charge in [0.15, 0.2) is 0 Å². The number of benzene rings is 1. The van der Waals surface area contributed by atoms with E-state index in [0.29, 0.717) is 0 Å². The van der Waals surface area contributed by atoms with Crippen LogP contribution in [0.3, 0.4) is 0 Å². The maximum atomic E-state index is 11.5. The molecule has 14 heavy (non-hydrogen) atoms. The van der Waals surface area contributed by atoms with Gasteiger partial charge < -0.3 is 0 Å². The van der Waals surface area contributed by atoms with E-state index in [1.807, 2.05) is 23.5 Å². The van der Waals surface area contributed by atoms with Crippen molar-refractivity contribution >= 4 is 11.0 Å². The van der Waals surface area contributed by atoms with Gasteiger partial charge in [-0.2, -0.15) is 0 Å². The molecule has 0 radical (unpaired) electrons. The van der Waals surface area contributed by atoms with Crippen molar-refractivity contribution in [2.45, 2.75) is 20.4 Å².